The molecule has 0 amide bonds. The maximum atomic E-state index is 11.1. The highest BCUT2D eigenvalue weighted by Gasteiger charge is 2.25. The van der Waals surface area contributed by atoms with Gasteiger partial charge in [0, 0.05) is 12.0 Å². The smallest absolute Gasteiger partial charge is 0.335 e. The van der Waals surface area contributed by atoms with Crippen LogP contribution in [-0.2, 0) is 17.6 Å². The molecular weight excluding hydrogens is 470 g/mol. The fourth-order valence-corrected chi connectivity index (χ4v) is 4.85. The molecule has 0 aliphatic heterocycles. The molecule has 1 atom stereocenters. The summed E-state index contributed by atoms with van der Waals surface area (Å²) >= 11 is 0. The number of aromatic nitrogens is 1. The Bertz CT molecular complexity index is 1440. The van der Waals surface area contributed by atoms with E-state index in [1.807, 2.05) is 49.4 Å². The molecule has 188 valence electrons. The van der Waals surface area contributed by atoms with Crippen LogP contribution in [0.25, 0.3) is 22.6 Å². The lowest BCUT2D eigenvalue weighted by atomic mass is 9.98. The minimum Gasteiger partial charge on any atom is -0.493 e. The molecule has 2 N–H and O–H groups in total. The average molecular weight is 498 g/mol. The number of aliphatic carboxylic acids is 1. The van der Waals surface area contributed by atoms with Crippen molar-refractivity contribution in [1.29, 1.82) is 0 Å². The minimum atomic E-state index is -0.944. The van der Waals surface area contributed by atoms with E-state index >= 15 is 0 Å². The number of carboxylic acids is 2. The normalized spacial score (nSPS) is 14.4. The summed E-state index contributed by atoms with van der Waals surface area (Å²) in [6, 6.07) is 20.5. The third-order valence-electron chi connectivity index (χ3n) is 6.83. The van der Waals surface area contributed by atoms with Crippen molar-refractivity contribution >= 4 is 11.9 Å². The summed E-state index contributed by atoms with van der Waals surface area (Å²) in [6.45, 7) is 2.34. The van der Waals surface area contributed by atoms with Crippen molar-refractivity contribution in [3.8, 4) is 28.3 Å². The van der Waals surface area contributed by atoms with Crippen molar-refractivity contribution in [3.05, 3.63) is 94.9 Å². The number of carbonyl (C=O) groups is 2. The summed E-state index contributed by atoms with van der Waals surface area (Å²) in [5.41, 5.74) is 6.15. The molecule has 0 spiro atoms. The van der Waals surface area contributed by atoms with Gasteiger partial charge in [0.05, 0.1) is 24.3 Å². The van der Waals surface area contributed by atoms with Crippen LogP contribution in [0.3, 0.4) is 0 Å². The predicted octanol–water partition coefficient (Wildman–Crippen LogP) is 6.14. The van der Waals surface area contributed by atoms with E-state index in [-0.39, 0.29) is 17.9 Å². The lowest BCUT2D eigenvalue weighted by molar-refractivity contribution is -0.137. The third-order valence-corrected chi connectivity index (χ3v) is 6.83. The summed E-state index contributed by atoms with van der Waals surface area (Å²) in [5.74, 6) is 0.455. The van der Waals surface area contributed by atoms with Gasteiger partial charge in [0.1, 0.15) is 11.5 Å². The van der Waals surface area contributed by atoms with Crippen LogP contribution in [0.4, 0.5) is 0 Å². The van der Waals surface area contributed by atoms with Gasteiger partial charge in [-0.15, -0.1) is 0 Å². The van der Waals surface area contributed by atoms with Gasteiger partial charge in [-0.25, -0.2) is 9.78 Å². The molecular formula is C30H27NO6. The molecule has 0 radical (unpaired) electrons. The Balaban J connectivity index is 1.20. The van der Waals surface area contributed by atoms with Crippen LogP contribution in [0.1, 0.15) is 51.7 Å². The maximum absolute atomic E-state index is 11.1. The Morgan fingerprint density at radius 3 is 2.32 bits per heavy atom. The number of hydrogen-bond acceptors (Lipinski definition) is 5. The molecule has 7 heteroatoms. The Kier molecular flexibility index (Phi) is 6.77. The number of benzene rings is 3. The van der Waals surface area contributed by atoms with E-state index in [2.05, 4.69) is 4.98 Å². The zero-order valence-corrected chi connectivity index (χ0v) is 20.4. The molecule has 1 aromatic heterocycles. The van der Waals surface area contributed by atoms with Gasteiger partial charge >= 0.3 is 11.9 Å². The van der Waals surface area contributed by atoms with Crippen LogP contribution >= 0.6 is 0 Å². The monoisotopic (exact) mass is 497 g/mol. The summed E-state index contributed by atoms with van der Waals surface area (Å²) in [5, 5.41) is 18.2. The second-order valence-electron chi connectivity index (χ2n) is 9.27. The number of carboxylic acid groups (broad SMARTS) is 2. The number of nitrogens with zero attached hydrogens (tertiary/aromatic N) is 1. The van der Waals surface area contributed by atoms with Crippen LogP contribution in [0, 0.1) is 6.92 Å². The first-order chi connectivity index (χ1) is 17.9. The van der Waals surface area contributed by atoms with Crippen molar-refractivity contribution in [2.24, 2.45) is 0 Å². The molecule has 3 aromatic carbocycles. The standard InChI is InChI=1S/C30H27NO6/c1-18-27(14-15-36-25-12-13-26-23(16-25)10-11-24(26)17-28(32)33)31-29(37-18)21-6-2-19(3-7-21)20-4-8-22(9-5-20)30(34)35/h2-9,12-13,16,24H,10-11,14-15,17H2,1H3,(H,32,33)(H,34,35)/t24-/m0/s1. The highest BCUT2D eigenvalue weighted by atomic mass is 16.5. The summed E-state index contributed by atoms with van der Waals surface area (Å²) in [7, 11) is 0. The van der Waals surface area contributed by atoms with Crippen LogP contribution in [0.2, 0.25) is 0 Å². The van der Waals surface area contributed by atoms with Crippen LogP contribution in [0.15, 0.2) is 71.1 Å². The number of fused-ring (bicyclic) bond motifs is 1. The second kappa shape index (κ2) is 10.3. The molecule has 1 heterocycles. The van der Waals surface area contributed by atoms with Crippen molar-refractivity contribution in [2.45, 2.75) is 38.5 Å². The fourth-order valence-electron chi connectivity index (χ4n) is 4.85. The lowest BCUT2D eigenvalue weighted by Gasteiger charge is -2.10. The first-order valence-corrected chi connectivity index (χ1v) is 12.3. The zero-order chi connectivity index (χ0) is 25.9. The van der Waals surface area contributed by atoms with Gasteiger partial charge in [-0.1, -0.05) is 30.3 Å². The number of hydrogen-bond donors (Lipinski definition) is 2. The Morgan fingerprint density at radius 2 is 1.65 bits per heavy atom. The van der Waals surface area contributed by atoms with E-state index in [0.29, 0.717) is 18.9 Å². The number of oxazole rings is 1. The first-order valence-electron chi connectivity index (χ1n) is 12.3. The summed E-state index contributed by atoms with van der Waals surface area (Å²) in [6.07, 6.45) is 2.51. The number of aryl methyl sites for hydroxylation is 2. The van der Waals surface area contributed by atoms with Crippen molar-refractivity contribution < 1.29 is 29.0 Å². The Morgan fingerprint density at radius 1 is 0.973 bits per heavy atom. The van der Waals surface area contributed by atoms with Gasteiger partial charge in [0.25, 0.3) is 0 Å². The minimum absolute atomic E-state index is 0.0873. The van der Waals surface area contributed by atoms with E-state index in [0.717, 1.165) is 52.3 Å². The van der Waals surface area contributed by atoms with Gasteiger partial charge in [0.2, 0.25) is 5.89 Å². The van der Waals surface area contributed by atoms with Gasteiger partial charge in [-0.05, 0) is 84.3 Å². The second-order valence-corrected chi connectivity index (χ2v) is 9.27. The molecule has 4 aromatic rings. The maximum Gasteiger partial charge on any atom is 0.335 e. The molecule has 37 heavy (non-hydrogen) atoms. The van der Waals surface area contributed by atoms with Gasteiger partial charge in [-0.3, -0.25) is 4.79 Å². The quantitative estimate of drug-likeness (QED) is 0.286. The van der Waals surface area contributed by atoms with Crippen LogP contribution in [-0.4, -0.2) is 33.7 Å². The molecule has 0 unspecified atom stereocenters. The van der Waals surface area contributed by atoms with E-state index < -0.39 is 11.9 Å². The third kappa shape index (κ3) is 5.40. The van der Waals surface area contributed by atoms with E-state index in [4.69, 9.17) is 19.4 Å². The van der Waals surface area contributed by atoms with Gasteiger partial charge in [0.15, 0.2) is 0 Å². The summed E-state index contributed by atoms with van der Waals surface area (Å²) in [4.78, 5) is 26.8. The van der Waals surface area contributed by atoms with Crippen LogP contribution < -0.4 is 4.74 Å². The molecule has 1 aliphatic rings. The predicted molar refractivity (Wildman–Crippen MR) is 138 cm³/mol. The van der Waals surface area contributed by atoms with Gasteiger partial charge < -0.3 is 19.4 Å². The largest absolute Gasteiger partial charge is 0.493 e. The summed E-state index contributed by atoms with van der Waals surface area (Å²) < 4.78 is 11.9. The van der Waals surface area contributed by atoms with E-state index in [1.165, 1.54) is 5.56 Å². The topological polar surface area (TPSA) is 110 Å². The number of aromatic carboxylic acids is 1. The zero-order valence-electron chi connectivity index (χ0n) is 20.4. The van der Waals surface area contributed by atoms with Gasteiger partial charge in [-0.2, -0.15) is 0 Å². The molecule has 0 bridgehead atoms. The molecule has 0 saturated heterocycles. The average Bonchev–Trinajstić information content (AvgIpc) is 3.46. The molecule has 0 fully saturated rings. The highest BCUT2D eigenvalue weighted by molar-refractivity contribution is 5.88. The van der Waals surface area contributed by atoms with Crippen molar-refractivity contribution in [1.82, 2.24) is 4.98 Å². The molecule has 0 saturated carbocycles. The number of ether oxygens (including phenoxy) is 1. The SMILES string of the molecule is Cc1oc(-c2ccc(-c3ccc(C(=O)O)cc3)cc2)nc1CCOc1ccc2c(c1)CC[C@H]2CC(=O)O. The fraction of sp³-hybridized carbons (Fsp3) is 0.233. The van der Waals surface area contributed by atoms with Crippen molar-refractivity contribution in [2.75, 3.05) is 6.61 Å². The Labute approximate surface area is 214 Å². The van der Waals surface area contributed by atoms with Crippen LogP contribution in [0.5, 0.6) is 5.75 Å². The molecule has 5 rings (SSSR count). The highest BCUT2D eigenvalue weighted by Crippen LogP contribution is 2.37. The Hall–Kier alpha value is -4.39. The number of rotatable bonds is 9. The molecule has 1 aliphatic carbocycles. The van der Waals surface area contributed by atoms with E-state index in [9.17, 15) is 9.59 Å². The van der Waals surface area contributed by atoms with Crippen molar-refractivity contribution in [3.63, 3.8) is 0 Å². The lowest BCUT2D eigenvalue weighted by Crippen LogP contribution is -2.04. The first kappa shape index (κ1) is 24.3. The molecule has 7 nitrogen and oxygen atoms in total. The van der Waals surface area contributed by atoms with E-state index in [1.54, 1.807) is 24.3 Å².